The lowest BCUT2D eigenvalue weighted by Gasteiger charge is -2.17. The second-order valence-corrected chi connectivity index (χ2v) is 15.2. The topological polar surface area (TPSA) is 95.6 Å². The van der Waals surface area contributed by atoms with Crippen molar-refractivity contribution in [2.75, 3.05) is 12.9 Å². The number of rotatable bonds is 11. The van der Waals surface area contributed by atoms with Crippen LogP contribution in [0.1, 0.15) is 99.8 Å². The molecular weight excluding hydrogens is 617 g/mol. The minimum atomic E-state index is -0.217. The molecule has 0 aromatic rings. The van der Waals surface area contributed by atoms with Crippen LogP contribution in [0.25, 0.3) is 0 Å². The third-order valence-corrected chi connectivity index (χ3v) is 12.0. The fourth-order valence-electron chi connectivity index (χ4n) is 7.89. The Morgan fingerprint density at radius 2 is 1.77 bits per heavy atom. The largest absolute Gasteiger partial charge is 0.511 e. The van der Waals surface area contributed by atoms with Crippen LogP contribution >= 0.6 is 11.8 Å². The van der Waals surface area contributed by atoms with Crippen LogP contribution in [0, 0.1) is 11.8 Å². The first kappa shape index (κ1) is 34.2. The van der Waals surface area contributed by atoms with E-state index in [1.165, 1.54) is 55.1 Å². The van der Waals surface area contributed by atoms with Crippen LogP contribution in [0.4, 0.5) is 0 Å². The number of carbonyl (C=O) groups is 1. The zero-order valence-electron chi connectivity index (χ0n) is 29.8. The van der Waals surface area contributed by atoms with E-state index < -0.39 is 0 Å². The molecule has 2 unspecified atom stereocenters. The van der Waals surface area contributed by atoms with Gasteiger partial charge in [-0.1, -0.05) is 40.0 Å². The highest BCUT2D eigenvalue weighted by Gasteiger charge is 2.41. The van der Waals surface area contributed by atoms with Gasteiger partial charge in [0.05, 0.1) is 41.3 Å². The number of aliphatic imine (C=N–C) groups is 3. The van der Waals surface area contributed by atoms with Gasteiger partial charge < -0.3 is 15.2 Å². The van der Waals surface area contributed by atoms with Crippen LogP contribution in [0.15, 0.2) is 106 Å². The van der Waals surface area contributed by atoms with Crippen molar-refractivity contribution in [1.82, 2.24) is 5.32 Å². The number of aliphatic hydroxyl groups is 1. The van der Waals surface area contributed by atoms with E-state index in [9.17, 15) is 9.90 Å². The zero-order chi connectivity index (χ0) is 34.3. The molecule has 1 aliphatic carbocycles. The number of esters is 1. The van der Waals surface area contributed by atoms with Crippen molar-refractivity contribution in [2.24, 2.45) is 26.8 Å². The summed E-state index contributed by atoms with van der Waals surface area (Å²) in [6, 6.07) is 0. The molecule has 0 amide bonds. The lowest BCUT2D eigenvalue weighted by Crippen LogP contribution is -2.16. The number of ether oxygens (including phenoxy) is 1. The van der Waals surface area contributed by atoms with Crippen LogP contribution in [0.3, 0.4) is 0 Å². The number of nitrogens with zero attached hydrogens (tertiary/aromatic N) is 3. The Kier molecular flexibility index (Phi) is 10.0. The van der Waals surface area contributed by atoms with Gasteiger partial charge in [0.2, 0.25) is 0 Å². The fourth-order valence-corrected chi connectivity index (χ4v) is 9.07. The van der Waals surface area contributed by atoms with Gasteiger partial charge in [-0.15, -0.1) is 0 Å². The molecule has 0 aromatic carbocycles. The molecule has 8 heteroatoms. The van der Waals surface area contributed by atoms with E-state index in [2.05, 4.69) is 65.1 Å². The van der Waals surface area contributed by atoms with Gasteiger partial charge in [-0.05, 0) is 98.8 Å². The zero-order valence-corrected chi connectivity index (χ0v) is 30.7. The molecule has 0 saturated carbocycles. The maximum Gasteiger partial charge on any atom is 0.305 e. The minimum absolute atomic E-state index is 0.0378. The van der Waals surface area contributed by atoms with Gasteiger partial charge in [0.15, 0.2) is 0 Å². The Labute approximate surface area is 290 Å². The van der Waals surface area contributed by atoms with Crippen LogP contribution < -0.4 is 5.32 Å². The standard InChI is InChI=1S/C40H50N4O3S/c1-9-11-12-13-16-48-25(7)37-23(5)31-18-30-22(4)27(14-15-36(46)47-8)39(43-30)28-17-35(45)38-24(6)32(44-40(28)38)19-33-26(10-2)21(3)29(41-33)20-34(37)42-31/h18-20,22,25,27,43,45H,9-17H2,1-8H3/t22?,25?,27-/m0/s1. The smallest absolute Gasteiger partial charge is 0.305 e. The van der Waals surface area contributed by atoms with Crippen molar-refractivity contribution < 1.29 is 14.6 Å². The Morgan fingerprint density at radius 1 is 1.02 bits per heavy atom. The summed E-state index contributed by atoms with van der Waals surface area (Å²) in [4.78, 5) is 28.0. The first-order valence-electron chi connectivity index (χ1n) is 17.7. The fraction of sp³-hybridized carbons (Fsp3) is 0.500. The molecule has 8 bridgehead atoms. The molecule has 0 radical (unpaired) electrons. The molecule has 5 aliphatic heterocycles. The molecule has 254 valence electrons. The van der Waals surface area contributed by atoms with Crippen molar-refractivity contribution >= 4 is 34.9 Å². The predicted molar refractivity (Wildman–Crippen MR) is 199 cm³/mol. The highest BCUT2D eigenvalue weighted by molar-refractivity contribution is 8.00. The number of allylic oxidation sites excluding steroid dienone is 12. The summed E-state index contributed by atoms with van der Waals surface area (Å²) < 4.78 is 5.03. The molecule has 48 heavy (non-hydrogen) atoms. The van der Waals surface area contributed by atoms with Gasteiger partial charge in [0.1, 0.15) is 5.76 Å². The molecule has 0 aromatic heterocycles. The van der Waals surface area contributed by atoms with Gasteiger partial charge in [-0.3, -0.25) is 4.79 Å². The summed E-state index contributed by atoms with van der Waals surface area (Å²) >= 11 is 2.02. The Hall–Kier alpha value is -3.65. The van der Waals surface area contributed by atoms with Crippen molar-refractivity contribution in [3.05, 3.63) is 91.5 Å². The highest BCUT2D eigenvalue weighted by Crippen LogP contribution is 2.47. The third kappa shape index (κ3) is 6.17. The number of carbonyl (C=O) groups excluding carboxylic acids is 1. The molecule has 5 heterocycles. The lowest BCUT2D eigenvalue weighted by atomic mass is 9.86. The van der Waals surface area contributed by atoms with Gasteiger partial charge in [-0.2, -0.15) is 11.8 Å². The van der Waals surface area contributed by atoms with Gasteiger partial charge in [0, 0.05) is 52.5 Å². The van der Waals surface area contributed by atoms with Crippen LogP contribution in [-0.4, -0.2) is 46.3 Å². The van der Waals surface area contributed by atoms with E-state index in [4.69, 9.17) is 19.7 Å². The number of methoxy groups -OCH3 is 1. The summed E-state index contributed by atoms with van der Waals surface area (Å²) in [6.45, 7) is 15.4. The van der Waals surface area contributed by atoms with E-state index in [1.54, 1.807) is 0 Å². The first-order valence-corrected chi connectivity index (χ1v) is 18.8. The summed E-state index contributed by atoms with van der Waals surface area (Å²) in [5.74, 6) is 1.40. The van der Waals surface area contributed by atoms with E-state index in [0.29, 0.717) is 25.0 Å². The number of unbranched alkanes of at least 4 members (excludes halogenated alkanes) is 3. The highest BCUT2D eigenvalue weighted by atomic mass is 32.2. The van der Waals surface area contributed by atoms with Gasteiger partial charge >= 0.3 is 5.97 Å². The van der Waals surface area contributed by atoms with Crippen LogP contribution in [-0.2, 0) is 9.53 Å². The molecule has 7 nitrogen and oxygen atoms in total. The quantitative estimate of drug-likeness (QED) is 0.169. The second kappa shape index (κ2) is 14.1. The second-order valence-electron chi connectivity index (χ2n) is 13.7. The maximum atomic E-state index is 12.3. The molecule has 6 rings (SSSR count). The number of aliphatic hydroxyl groups excluding tert-OH is 1. The molecule has 0 spiro atoms. The Balaban J connectivity index is 1.51. The third-order valence-electron chi connectivity index (χ3n) is 10.8. The average Bonchev–Trinajstić information content (AvgIpc) is 3.82. The average molecular weight is 667 g/mol. The first-order chi connectivity index (χ1) is 23.1. The number of nitrogens with one attached hydrogen (secondary N) is 1. The van der Waals surface area contributed by atoms with Crippen molar-refractivity contribution in [1.29, 1.82) is 0 Å². The summed E-state index contributed by atoms with van der Waals surface area (Å²) in [5.41, 5.74) is 15.3. The minimum Gasteiger partial charge on any atom is -0.511 e. The van der Waals surface area contributed by atoms with E-state index in [0.717, 1.165) is 74.5 Å². The van der Waals surface area contributed by atoms with Crippen molar-refractivity contribution in [3.8, 4) is 0 Å². The molecule has 1 saturated heterocycles. The van der Waals surface area contributed by atoms with Crippen LogP contribution in [0.2, 0.25) is 0 Å². The normalized spacial score (nSPS) is 23.8. The SMILES string of the molecule is CCCCCCSC(C)C1=C(C)C2=NC1=CC1=NC(=CC3=C(C)C4=C(O)CC(=C5NC(=C2)C(C)[C@@H]5CCC(=O)OC)C4=N3)C(CC)=C1C. The summed E-state index contributed by atoms with van der Waals surface area (Å²) in [5, 5.41) is 15.4. The monoisotopic (exact) mass is 666 g/mol. The van der Waals surface area contributed by atoms with Crippen molar-refractivity contribution in [3.63, 3.8) is 0 Å². The lowest BCUT2D eigenvalue weighted by molar-refractivity contribution is -0.140. The Bertz CT molecular complexity index is 1790. The molecule has 6 aliphatic rings. The Morgan fingerprint density at radius 3 is 2.50 bits per heavy atom. The molecular formula is C40H50N4O3S. The van der Waals surface area contributed by atoms with Gasteiger partial charge in [0.25, 0.3) is 0 Å². The van der Waals surface area contributed by atoms with E-state index in [-0.39, 0.29) is 23.1 Å². The number of hydrogen-bond acceptors (Lipinski definition) is 8. The number of hydrogen-bond donors (Lipinski definition) is 2. The molecule has 1 fully saturated rings. The van der Waals surface area contributed by atoms with Crippen molar-refractivity contribution in [2.45, 2.75) is 105 Å². The summed E-state index contributed by atoms with van der Waals surface area (Å²) in [7, 11) is 1.44. The number of fused-ring (bicyclic) bond motifs is 5. The maximum absolute atomic E-state index is 12.3. The van der Waals surface area contributed by atoms with Crippen LogP contribution in [0.5, 0.6) is 0 Å². The van der Waals surface area contributed by atoms with Gasteiger partial charge in [-0.25, -0.2) is 15.0 Å². The summed E-state index contributed by atoms with van der Waals surface area (Å²) in [6.07, 6.45) is 13.7. The van der Waals surface area contributed by atoms with E-state index >= 15 is 0 Å². The predicted octanol–water partition coefficient (Wildman–Crippen LogP) is 9.31. The number of thioether (sulfide) groups is 1. The molecule has 3 atom stereocenters. The van der Waals surface area contributed by atoms with E-state index in [1.807, 2.05) is 18.7 Å². The molecule has 2 N–H and O–H groups in total.